The summed E-state index contributed by atoms with van der Waals surface area (Å²) in [6, 6.07) is 0.334. The van der Waals surface area contributed by atoms with Crippen molar-refractivity contribution in [3.8, 4) is 0 Å². The molecule has 0 saturated carbocycles. The lowest BCUT2D eigenvalue weighted by Gasteiger charge is -2.10. The monoisotopic (exact) mass is 229 g/mol. The minimum atomic E-state index is -0.0275. The van der Waals surface area contributed by atoms with Crippen molar-refractivity contribution in [2.75, 3.05) is 6.54 Å². The highest BCUT2D eigenvalue weighted by atomic mass is 35.5. The molecular formula is C10H16ClN3O. The van der Waals surface area contributed by atoms with E-state index in [4.69, 9.17) is 11.6 Å². The molecule has 0 aromatic carbocycles. The predicted molar refractivity (Wildman–Crippen MR) is 60.3 cm³/mol. The van der Waals surface area contributed by atoms with Crippen LogP contribution < -0.4 is 5.32 Å². The van der Waals surface area contributed by atoms with Crippen molar-refractivity contribution in [2.45, 2.75) is 26.3 Å². The van der Waals surface area contributed by atoms with E-state index in [1.807, 2.05) is 6.92 Å². The van der Waals surface area contributed by atoms with Gasteiger partial charge in [-0.15, -0.1) is 0 Å². The van der Waals surface area contributed by atoms with Gasteiger partial charge in [0, 0.05) is 13.1 Å². The molecule has 0 spiro atoms. The van der Waals surface area contributed by atoms with Crippen LogP contribution in [0.4, 0.5) is 0 Å². The fourth-order valence-electron chi connectivity index (χ4n) is 1.22. The largest absolute Gasteiger partial charge is 0.307 e. The van der Waals surface area contributed by atoms with E-state index in [0.29, 0.717) is 23.3 Å². The van der Waals surface area contributed by atoms with E-state index in [2.05, 4.69) is 17.3 Å². The topological polar surface area (TPSA) is 46.9 Å². The number of Topliss-reactive ketones (excluding diaryl/α,β-unsaturated/α-hetero) is 1. The highest BCUT2D eigenvalue weighted by Crippen LogP contribution is 2.14. The maximum atomic E-state index is 11.8. The molecule has 4 nitrogen and oxygen atoms in total. The van der Waals surface area contributed by atoms with Gasteiger partial charge in [0.1, 0.15) is 5.69 Å². The normalized spacial score (nSPS) is 12.8. The van der Waals surface area contributed by atoms with Gasteiger partial charge in [0.2, 0.25) is 0 Å². The standard InChI is InChI=1S/C10H16ClN3O/c1-4-7(2)12-6-9(15)10-8(11)5-13-14(10)3/h5,7,12H,4,6H2,1-3H3. The highest BCUT2D eigenvalue weighted by molar-refractivity contribution is 6.33. The summed E-state index contributed by atoms with van der Waals surface area (Å²) in [6.45, 7) is 4.41. The van der Waals surface area contributed by atoms with Gasteiger partial charge in [0.05, 0.1) is 17.8 Å². The van der Waals surface area contributed by atoms with Gasteiger partial charge in [0.25, 0.3) is 0 Å². The molecule has 1 rings (SSSR count). The Morgan fingerprint density at radius 2 is 2.40 bits per heavy atom. The summed E-state index contributed by atoms with van der Waals surface area (Å²) >= 11 is 5.86. The third kappa shape index (κ3) is 3.04. The number of rotatable bonds is 5. The van der Waals surface area contributed by atoms with Gasteiger partial charge in [-0.05, 0) is 13.3 Å². The van der Waals surface area contributed by atoms with E-state index in [9.17, 15) is 4.79 Å². The molecule has 84 valence electrons. The van der Waals surface area contributed by atoms with Gasteiger partial charge >= 0.3 is 0 Å². The highest BCUT2D eigenvalue weighted by Gasteiger charge is 2.15. The van der Waals surface area contributed by atoms with E-state index in [1.54, 1.807) is 7.05 Å². The van der Waals surface area contributed by atoms with Crippen LogP contribution >= 0.6 is 11.6 Å². The molecule has 0 bridgehead atoms. The van der Waals surface area contributed by atoms with E-state index >= 15 is 0 Å². The van der Waals surface area contributed by atoms with Gasteiger partial charge in [-0.3, -0.25) is 9.48 Å². The molecule has 0 amide bonds. The Balaban J connectivity index is 2.62. The molecule has 0 saturated heterocycles. The van der Waals surface area contributed by atoms with Crippen LogP contribution in [0.25, 0.3) is 0 Å². The average molecular weight is 230 g/mol. The van der Waals surface area contributed by atoms with E-state index in [1.165, 1.54) is 10.9 Å². The molecule has 1 heterocycles. The minimum Gasteiger partial charge on any atom is -0.307 e. The summed E-state index contributed by atoms with van der Waals surface area (Å²) in [5.41, 5.74) is 0.465. The van der Waals surface area contributed by atoms with Crippen molar-refractivity contribution in [1.29, 1.82) is 0 Å². The Hall–Kier alpha value is -0.870. The summed E-state index contributed by atoms with van der Waals surface area (Å²) in [6.07, 6.45) is 2.48. The minimum absolute atomic E-state index is 0.0275. The molecule has 0 aliphatic carbocycles. The lowest BCUT2D eigenvalue weighted by atomic mass is 10.2. The van der Waals surface area contributed by atoms with Gasteiger partial charge in [-0.25, -0.2) is 0 Å². The van der Waals surface area contributed by atoms with E-state index in [-0.39, 0.29) is 5.78 Å². The molecule has 5 heteroatoms. The molecule has 15 heavy (non-hydrogen) atoms. The number of aryl methyl sites for hydroxylation is 1. The zero-order valence-electron chi connectivity index (χ0n) is 9.25. The Kier molecular flexibility index (Phi) is 4.29. The quantitative estimate of drug-likeness (QED) is 0.781. The summed E-state index contributed by atoms with van der Waals surface area (Å²) in [4.78, 5) is 11.8. The predicted octanol–water partition coefficient (Wildman–Crippen LogP) is 1.64. The third-order valence-corrected chi connectivity index (χ3v) is 2.66. The number of ketones is 1. The Bertz CT molecular complexity index is 329. The molecular weight excluding hydrogens is 214 g/mol. The number of nitrogens with zero attached hydrogens (tertiary/aromatic N) is 2. The van der Waals surface area contributed by atoms with Crippen molar-refractivity contribution in [3.63, 3.8) is 0 Å². The smallest absolute Gasteiger partial charge is 0.196 e. The molecule has 1 unspecified atom stereocenters. The number of carbonyl (C=O) groups is 1. The van der Waals surface area contributed by atoms with Crippen LogP contribution in [0, 0.1) is 0 Å². The fourth-order valence-corrected chi connectivity index (χ4v) is 1.49. The van der Waals surface area contributed by atoms with Crippen molar-refractivity contribution in [1.82, 2.24) is 15.1 Å². The average Bonchev–Trinajstić information content (AvgIpc) is 2.54. The zero-order valence-corrected chi connectivity index (χ0v) is 10.0. The Morgan fingerprint density at radius 3 is 2.87 bits per heavy atom. The van der Waals surface area contributed by atoms with Crippen LogP contribution in [-0.4, -0.2) is 28.2 Å². The number of hydrogen-bond acceptors (Lipinski definition) is 3. The third-order valence-electron chi connectivity index (χ3n) is 2.38. The maximum absolute atomic E-state index is 11.8. The molecule has 1 aromatic heterocycles. The molecule has 1 aromatic rings. The van der Waals surface area contributed by atoms with Gasteiger partial charge in [-0.2, -0.15) is 5.10 Å². The first kappa shape index (κ1) is 12.2. The van der Waals surface area contributed by atoms with Crippen LogP contribution in [0.3, 0.4) is 0 Å². The van der Waals surface area contributed by atoms with E-state index < -0.39 is 0 Å². The van der Waals surface area contributed by atoms with Crippen LogP contribution in [0.1, 0.15) is 30.8 Å². The first-order chi connectivity index (χ1) is 7.06. The molecule has 0 fully saturated rings. The van der Waals surface area contributed by atoms with Crippen LogP contribution in [0.2, 0.25) is 5.02 Å². The molecule has 1 atom stereocenters. The first-order valence-corrected chi connectivity index (χ1v) is 5.38. The van der Waals surface area contributed by atoms with Crippen molar-refractivity contribution in [2.24, 2.45) is 7.05 Å². The summed E-state index contributed by atoms with van der Waals surface area (Å²) < 4.78 is 1.50. The molecule has 0 aliphatic rings. The fraction of sp³-hybridized carbons (Fsp3) is 0.600. The van der Waals surface area contributed by atoms with E-state index in [0.717, 1.165) is 6.42 Å². The second-order valence-electron chi connectivity index (χ2n) is 3.58. The first-order valence-electron chi connectivity index (χ1n) is 5.00. The molecule has 0 radical (unpaired) electrons. The lowest BCUT2D eigenvalue weighted by Crippen LogP contribution is -2.31. The number of nitrogens with one attached hydrogen (secondary N) is 1. The number of halogens is 1. The zero-order chi connectivity index (χ0) is 11.4. The second-order valence-corrected chi connectivity index (χ2v) is 3.99. The molecule has 1 N–H and O–H groups in total. The number of aromatic nitrogens is 2. The summed E-state index contributed by atoms with van der Waals surface area (Å²) in [5, 5.41) is 7.46. The van der Waals surface area contributed by atoms with Crippen LogP contribution in [-0.2, 0) is 7.05 Å². The second kappa shape index (κ2) is 5.28. The summed E-state index contributed by atoms with van der Waals surface area (Å²) in [7, 11) is 1.71. The Labute approximate surface area is 94.6 Å². The van der Waals surface area contributed by atoms with Gasteiger partial charge in [-0.1, -0.05) is 18.5 Å². The number of hydrogen-bond donors (Lipinski definition) is 1. The van der Waals surface area contributed by atoms with Gasteiger partial charge < -0.3 is 5.32 Å². The van der Waals surface area contributed by atoms with Gasteiger partial charge in [0.15, 0.2) is 5.78 Å². The summed E-state index contributed by atoms with van der Waals surface area (Å²) in [5.74, 6) is -0.0275. The Morgan fingerprint density at radius 1 is 1.73 bits per heavy atom. The molecule has 0 aliphatic heterocycles. The van der Waals surface area contributed by atoms with Crippen LogP contribution in [0.5, 0.6) is 0 Å². The van der Waals surface area contributed by atoms with Crippen LogP contribution in [0.15, 0.2) is 6.20 Å². The van der Waals surface area contributed by atoms with Crippen molar-refractivity contribution in [3.05, 3.63) is 16.9 Å². The SMILES string of the molecule is CCC(C)NCC(=O)c1c(Cl)cnn1C. The number of carbonyl (C=O) groups excluding carboxylic acids is 1. The van der Waals surface area contributed by atoms with Crippen molar-refractivity contribution < 1.29 is 4.79 Å². The van der Waals surface area contributed by atoms with Crippen molar-refractivity contribution >= 4 is 17.4 Å². The lowest BCUT2D eigenvalue weighted by molar-refractivity contribution is 0.0979. The maximum Gasteiger partial charge on any atom is 0.196 e.